The average Bonchev–Trinajstić information content (AvgIpc) is 2.44. The molecule has 0 atom stereocenters. The highest BCUT2D eigenvalue weighted by molar-refractivity contribution is 9.10. The van der Waals surface area contributed by atoms with Gasteiger partial charge in [-0.15, -0.1) is 0 Å². The Bertz CT molecular complexity index is 491. The van der Waals surface area contributed by atoms with Crippen LogP contribution in [-0.2, 0) is 11.2 Å². The smallest absolute Gasteiger partial charge is 0.120 e. The lowest BCUT2D eigenvalue weighted by molar-refractivity contribution is 0.102. The Hall–Kier alpha value is -1.39. The first-order chi connectivity index (χ1) is 9.34. The fourth-order valence-corrected chi connectivity index (χ4v) is 1.98. The summed E-state index contributed by atoms with van der Waals surface area (Å²) in [6.07, 6.45) is 2.63. The van der Waals surface area contributed by atoms with Gasteiger partial charge in [-0.2, -0.15) is 0 Å². The molecule has 1 aromatic heterocycles. The number of aromatic nitrogens is 1. The van der Waals surface area contributed by atoms with Crippen molar-refractivity contribution in [2.45, 2.75) is 6.42 Å². The van der Waals surface area contributed by atoms with E-state index in [1.54, 1.807) is 6.20 Å². The summed E-state index contributed by atoms with van der Waals surface area (Å²) in [4.78, 5) is 4.24. The molecule has 0 bridgehead atoms. The molecule has 0 saturated heterocycles. The number of pyridine rings is 1. The minimum absolute atomic E-state index is 0.554. The number of hydrogen-bond donors (Lipinski definition) is 0. The van der Waals surface area contributed by atoms with Gasteiger partial charge in [-0.25, -0.2) is 0 Å². The van der Waals surface area contributed by atoms with Gasteiger partial charge in [0.1, 0.15) is 12.4 Å². The topological polar surface area (TPSA) is 31.4 Å². The highest BCUT2D eigenvalue weighted by Crippen LogP contribution is 2.17. The van der Waals surface area contributed by atoms with Gasteiger partial charge in [0, 0.05) is 22.8 Å². The van der Waals surface area contributed by atoms with Gasteiger partial charge < -0.3 is 9.47 Å². The molecule has 19 heavy (non-hydrogen) atoms. The van der Waals surface area contributed by atoms with Crippen LogP contribution in [0.2, 0.25) is 0 Å². The summed E-state index contributed by atoms with van der Waals surface area (Å²) in [6, 6.07) is 13.7. The Labute approximate surface area is 121 Å². The first kappa shape index (κ1) is 14.0. The first-order valence-corrected chi connectivity index (χ1v) is 7.00. The molecule has 4 heteroatoms. The second-order valence-corrected chi connectivity index (χ2v) is 4.90. The first-order valence-electron chi connectivity index (χ1n) is 6.20. The molecule has 0 aliphatic heterocycles. The maximum Gasteiger partial charge on any atom is 0.120 e. The van der Waals surface area contributed by atoms with E-state index in [0.29, 0.717) is 19.8 Å². The molecule has 2 rings (SSSR count). The van der Waals surface area contributed by atoms with Crippen molar-refractivity contribution in [1.82, 2.24) is 4.98 Å². The Kier molecular flexibility index (Phi) is 5.85. The van der Waals surface area contributed by atoms with E-state index in [2.05, 4.69) is 20.9 Å². The van der Waals surface area contributed by atoms with Crippen molar-refractivity contribution >= 4 is 15.9 Å². The number of halogens is 1. The zero-order chi connectivity index (χ0) is 13.3. The lowest BCUT2D eigenvalue weighted by Gasteiger charge is -2.07. The second kappa shape index (κ2) is 7.92. The van der Waals surface area contributed by atoms with E-state index < -0.39 is 0 Å². The third kappa shape index (κ3) is 5.41. The third-order valence-corrected chi connectivity index (χ3v) is 3.01. The van der Waals surface area contributed by atoms with Crippen molar-refractivity contribution in [2.75, 3.05) is 19.8 Å². The van der Waals surface area contributed by atoms with Crippen LogP contribution in [-0.4, -0.2) is 24.8 Å². The lowest BCUT2D eigenvalue weighted by atomic mass is 10.3. The van der Waals surface area contributed by atoms with Gasteiger partial charge in [-0.1, -0.05) is 28.1 Å². The highest BCUT2D eigenvalue weighted by atomic mass is 79.9. The summed E-state index contributed by atoms with van der Waals surface area (Å²) in [5, 5.41) is 0. The van der Waals surface area contributed by atoms with Crippen molar-refractivity contribution in [2.24, 2.45) is 0 Å². The number of ether oxygens (including phenoxy) is 2. The van der Waals surface area contributed by atoms with Gasteiger partial charge >= 0.3 is 0 Å². The van der Waals surface area contributed by atoms with E-state index in [1.165, 1.54) is 0 Å². The third-order valence-electron chi connectivity index (χ3n) is 2.52. The van der Waals surface area contributed by atoms with Crippen LogP contribution in [0, 0.1) is 0 Å². The highest BCUT2D eigenvalue weighted by Gasteiger charge is 1.96. The molecule has 1 heterocycles. The summed E-state index contributed by atoms with van der Waals surface area (Å²) in [5.41, 5.74) is 1.05. The molecular weight excluding hydrogens is 306 g/mol. The standard InChI is InChI=1S/C15H16BrNO2/c16-13-4-3-6-15(12-13)19-11-10-18-9-7-14-5-1-2-8-17-14/h1-6,8,12H,7,9-11H2. The molecule has 100 valence electrons. The van der Waals surface area contributed by atoms with Crippen molar-refractivity contribution in [3.63, 3.8) is 0 Å². The lowest BCUT2D eigenvalue weighted by Crippen LogP contribution is -2.09. The molecule has 0 amide bonds. The van der Waals surface area contributed by atoms with Crippen LogP contribution in [0.25, 0.3) is 0 Å². The quantitative estimate of drug-likeness (QED) is 0.731. The Morgan fingerprint density at radius 3 is 2.74 bits per heavy atom. The molecule has 0 spiro atoms. The van der Waals surface area contributed by atoms with Crippen LogP contribution in [0.4, 0.5) is 0 Å². The molecule has 1 aromatic carbocycles. The Morgan fingerprint density at radius 2 is 1.95 bits per heavy atom. The number of rotatable bonds is 7. The maximum absolute atomic E-state index is 5.57. The molecule has 3 nitrogen and oxygen atoms in total. The fraction of sp³-hybridized carbons (Fsp3) is 0.267. The van der Waals surface area contributed by atoms with Gasteiger partial charge in [0.05, 0.1) is 13.2 Å². The van der Waals surface area contributed by atoms with Gasteiger partial charge in [0.15, 0.2) is 0 Å². The molecule has 0 unspecified atom stereocenters. The van der Waals surface area contributed by atoms with Crippen LogP contribution < -0.4 is 4.74 Å². The monoisotopic (exact) mass is 321 g/mol. The van der Waals surface area contributed by atoms with Crippen LogP contribution in [0.1, 0.15) is 5.69 Å². The van der Waals surface area contributed by atoms with Crippen LogP contribution in [0.5, 0.6) is 5.75 Å². The summed E-state index contributed by atoms with van der Waals surface area (Å²) in [5.74, 6) is 0.850. The molecule has 2 aromatic rings. The fourth-order valence-electron chi connectivity index (χ4n) is 1.60. The molecule has 0 aliphatic carbocycles. The van der Waals surface area contributed by atoms with E-state index >= 15 is 0 Å². The van der Waals surface area contributed by atoms with Gasteiger partial charge in [0.2, 0.25) is 0 Å². The number of benzene rings is 1. The zero-order valence-corrected chi connectivity index (χ0v) is 12.2. The zero-order valence-electron chi connectivity index (χ0n) is 10.6. The van der Waals surface area contributed by atoms with Crippen molar-refractivity contribution in [1.29, 1.82) is 0 Å². The maximum atomic E-state index is 5.57. The van der Waals surface area contributed by atoms with Gasteiger partial charge in [0.25, 0.3) is 0 Å². The largest absolute Gasteiger partial charge is 0.491 e. The SMILES string of the molecule is Brc1cccc(OCCOCCc2ccccn2)c1. The van der Waals surface area contributed by atoms with E-state index in [9.17, 15) is 0 Å². The molecule has 0 saturated carbocycles. The Balaban J connectivity index is 1.58. The van der Waals surface area contributed by atoms with Gasteiger partial charge in [-0.05, 0) is 30.3 Å². The van der Waals surface area contributed by atoms with E-state index in [1.807, 2.05) is 42.5 Å². The van der Waals surface area contributed by atoms with Crippen molar-refractivity contribution < 1.29 is 9.47 Å². The average molecular weight is 322 g/mol. The van der Waals surface area contributed by atoms with E-state index in [0.717, 1.165) is 22.3 Å². The number of nitrogens with zero attached hydrogens (tertiary/aromatic N) is 1. The normalized spacial score (nSPS) is 10.4. The van der Waals surface area contributed by atoms with E-state index in [-0.39, 0.29) is 0 Å². The Morgan fingerprint density at radius 1 is 1.00 bits per heavy atom. The number of hydrogen-bond acceptors (Lipinski definition) is 3. The van der Waals surface area contributed by atoms with Crippen LogP contribution in [0.15, 0.2) is 53.1 Å². The van der Waals surface area contributed by atoms with Crippen molar-refractivity contribution in [3.05, 3.63) is 58.8 Å². The summed E-state index contributed by atoms with van der Waals surface area (Å²) < 4.78 is 12.1. The van der Waals surface area contributed by atoms with Gasteiger partial charge in [-0.3, -0.25) is 4.98 Å². The molecule has 0 fully saturated rings. The van der Waals surface area contributed by atoms with Crippen LogP contribution >= 0.6 is 15.9 Å². The molecule has 0 aliphatic rings. The summed E-state index contributed by atoms with van der Waals surface area (Å²) >= 11 is 3.40. The molecule has 0 radical (unpaired) electrons. The van der Waals surface area contributed by atoms with Crippen molar-refractivity contribution in [3.8, 4) is 5.75 Å². The van der Waals surface area contributed by atoms with Crippen LogP contribution in [0.3, 0.4) is 0 Å². The molecular formula is C15H16BrNO2. The summed E-state index contributed by atoms with van der Waals surface area (Å²) in [7, 11) is 0. The predicted octanol–water partition coefficient (Wildman–Crippen LogP) is 3.48. The molecule has 0 N–H and O–H groups in total. The minimum atomic E-state index is 0.554. The second-order valence-electron chi connectivity index (χ2n) is 3.99. The summed E-state index contributed by atoms with van der Waals surface area (Å²) in [6.45, 7) is 1.80. The van der Waals surface area contributed by atoms with E-state index in [4.69, 9.17) is 9.47 Å². The minimum Gasteiger partial charge on any atom is -0.491 e. The predicted molar refractivity (Wildman–Crippen MR) is 78.4 cm³/mol.